The van der Waals surface area contributed by atoms with Crippen molar-refractivity contribution in [3.63, 3.8) is 0 Å². The molecule has 5 nitrogen and oxygen atoms in total. The number of ether oxygens (including phenoxy) is 1. The summed E-state index contributed by atoms with van der Waals surface area (Å²) in [6.45, 7) is 7.21. The zero-order chi connectivity index (χ0) is 12.9. The van der Waals surface area contributed by atoms with E-state index in [-0.39, 0.29) is 6.10 Å². The van der Waals surface area contributed by atoms with E-state index < -0.39 is 0 Å². The Kier molecular flexibility index (Phi) is 4.76. The summed E-state index contributed by atoms with van der Waals surface area (Å²) in [5.41, 5.74) is 1.21. The maximum atomic E-state index is 5.81. The minimum atomic E-state index is 0.160. The molecular formula is C13H22N4OS. The molecule has 1 aromatic heterocycles. The first-order valence-electron chi connectivity index (χ1n) is 7.06. The number of hydrogen-bond acceptors (Lipinski definition) is 5. The third-order valence-electron chi connectivity index (χ3n) is 3.76. The quantitative estimate of drug-likeness (QED) is 0.875. The maximum absolute atomic E-state index is 5.81. The second-order valence-corrected chi connectivity index (χ2v) is 6.25. The monoisotopic (exact) mass is 282 g/mol. The van der Waals surface area contributed by atoms with Gasteiger partial charge in [0.25, 0.3) is 0 Å². The van der Waals surface area contributed by atoms with Crippen LogP contribution in [0.1, 0.15) is 11.8 Å². The van der Waals surface area contributed by atoms with Crippen LogP contribution in [0, 0.1) is 0 Å². The summed E-state index contributed by atoms with van der Waals surface area (Å²) in [5.74, 6) is 2.54. The highest BCUT2D eigenvalue weighted by Crippen LogP contribution is 2.18. The molecule has 106 valence electrons. The lowest BCUT2D eigenvalue weighted by molar-refractivity contribution is 0.0225. The Bertz CT molecular complexity index is 386. The van der Waals surface area contributed by atoms with Gasteiger partial charge in [-0.05, 0) is 0 Å². The number of hydrogen-bond donors (Lipinski definition) is 1. The SMILES string of the molecule is c1ncn(CCN2CCSCC2)c1C1CNCCO1. The Morgan fingerprint density at radius 3 is 3.05 bits per heavy atom. The molecule has 2 aliphatic heterocycles. The average molecular weight is 282 g/mol. The molecule has 0 saturated carbocycles. The van der Waals surface area contributed by atoms with Crippen molar-refractivity contribution < 1.29 is 4.74 Å². The molecule has 0 aliphatic carbocycles. The highest BCUT2D eigenvalue weighted by atomic mass is 32.2. The molecule has 0 radical (unpaired) electrons. The van der Waals surface area contributed by atoms with Gasteiger partial charge in [0.15, 0.2) is 0 Å². The summed E-state index contributed by atoms with van der Waals surface area (Å²) in [6, 6.07) is 0. The van der Waals surface area contributed by atoms with Gasteiger partial charge in [-0.1, -0.05) is 0 Å². The summed E-state index contributed by atoms with van der Waals surface area (Å²) in [4.78, 5) is 6.84. The zero-order valence-electron chi connectivity index (χ0n) is 11.3. The fourth-order valence-electron chi connectivity index (χ4n) is 2.62. The minimum absolute atomic E-state index is 0.160. The largest absolute Gasteiger partial charge is 0.369 e. The van der Waals surface area contributed by atoms with Crippen molar-refractivity contribution >= 4 is 11.8 Å². The predicted molar refractivity (Wildman–Crippen MR) is 77.6 cm³/mol. The standard InChI is InChI=1S/C13H22N4OS/c1-6-18-13(10-14-1)12-9-15-11-17(12)3-2-16-4-7-19-8-5-16/h9,11,13-14H,1-8,10H2. The normalized spacial score (nSPS) is 25.6. The number of rotatable bonds is 4. The highest BCUT2D eigenvalue weighted by molar-refractivity contribution is 7.99. The molecule has 3 rings (SSSR count). The second kappa shape index (κ2) is 6.74. The fraction of sp³-hybridized carbons (Fsp3) is 0.769. The second-order valence-electron chi connectivity index (χ2n) is 5.03. The first kappa shape index (κ1) is 13.4. The van der Waals surface area contributed by atoms with Crippen molar-refractivity contribution in [3.8, 4) is 0 Å². The summed E-state index contributed by atoms with van der Waals surface area (Å²) in [7, 11) is 0. The molecule has 3 heterocycles. The van der Waals surface area contributed by atoms with Gasteiger partial charge < -0.3 is 14.6 Å². The van der Waals surface area contributed by atoms with Crippen molar-refractivity contribution in [3.05, 3.63) is 18.2 Å². The summed E-state index contributed by atoms with van der Waals surface area (Å²) in [6.07, 6.45) is 4.04. The highest BCUT2D eigenvalue weighted by Gasteiger charge is 2.19. The molecule has 0 spiro atoms. The molecule has 19 heavy (non-hydrogen) atoms. The molecule has 2 saturated heterocycles. The number of nitrogens with one attached hydrogen (secondary N) is 1. The third kappa shape index (κ3) is 3.51. The molecule has 0 amide bonds. The van der Waals surface area contributed by atoms with E-state index in [0.29, 0.717) is 0 Å². The van der Waals surface area contributed by atoms with Crippen molar-refractivity contribution in [1.82, 2.24) is 19.8 Å². The van der Waals surface area contributed by atoms with Gasteiger partial charge in [-0.15, -0.1) is 0 Å². The van der Waals surface area contributed by atoms with E-state index >= 15 is 0 Å². The van der Waals surface area contributed by atoms with E-state index in [2.05, 4.69) is 31.5 Å². The lowest BCUT2D eigenvalue weighted by atomic mass is 10.2. The molecule has 1 aromatic rings. The molecule has 1 N–H and O–H groups in total. The summed E-state index contributed by atoms with van der Waals surface area (Å²) >= 11 is 2.06. The maximum Gasteiger partial charge on any atom is 0.111 e. The van der Waals surface area contributed by atoms with Crippen LogP contribution in [0.3, 0.4) is 0 Å². The molecule has 1 atom stereocenters. The number of morpholine rings is 1. The molecule has 0 aromatic carbocycles. The van der Waals surface area contributed by atoms with E-state index in [1.807, 2.05) is 12.5 Å². The van der Waals surface area contributed by atoms with E-state index in [1.165, 1.54) is 30.3 Å². The lowest BCUT2D eigenvalue weighted by Gasteiger charge is -2.28. The van der Waals surface area contributed by atoms with Gasteiger partial charge in [-0.2, -0.15) is 11.8 Å². The topological polar surface area (TPSA) is 42.3 Å². The van der Waals surface area contributed by atoms with Crippen LogP contribution in [0.2, 0.25) is 0 Å². The molecule has 2 aliphatic rings. The number of nitrogens with zero attached hydrogens (tertiary/aromatic N) is 3. The Morgan fingerprint density at radius 2 is 2.26 bits per heavy atom. The van der Waals surface area contributed by atoms with Gasteiger partial charge in [0.05, 0.1) is 24.8 Å². The van der Waals surface area contributed by atoms with Crippen LogP contribution in [0.4, 0.5) is 0 Å². The van der Waals surface area contributed by atoms with Crippen LogP contribution < -0.4 is 5.32 Å². The van der Waals surface area contributed by atoms with Gasteiger partial charge in [-0.25, -0.2) is 4.98 Å². The van der Waals surface area contributed by atoms with E-state index in [0.717, 1.165) is 32.8 Å². The third-order valence-corrected chi connectivity index (χ3v) is 4.71. The molecule has 6 heteroatoms. The van der Waals surface area contributed by atoms with Crippen LogP contribution in [0.25, 0.3) is 0 Å². The van der Waals surface area contributed by atoms with Crippen LogP contribution in [0.5, 0.6) is 0 Å². The Labute approximate surface area is 118 Å². The molecule has 1 unspecified atom stereocenters. The first-order chi connectivity index (χ1) is 9.43. The van der Waals surface area contributed by atoms with E-state index in [1.54, 1.807) is 0 Å². The van der Waals surface area contributed by atoms with Crippen LogP contribution in [-0.4, -0.2) is 65.3 Å². The summed E-state index contributed by atoms with van der Waals surface area (Å²) < 4.78 is 8.06. The molecular weight excluding hydrogens is 260 g/mol. The zero-order valence-corrected chi connectivity index (χ0v) is 12.1. The smallest absolute Gasteiger partial charge is 0.111 e. The first-order valence-corrected chi connectivity index (χ1v) is 8.21. The minimum Gasteiger partial charge on any atom is -0.369 e. The van der Waals surface area contributed by atoms with Crippen LogP contribution in [0.15, 0.2) is 12.5 Å². The van der Waals surface area contributed by atoms with Crippen molar-refractivity contribution in [2.75, 3.05) is 50.8 Å². The predicted octanol–water partition coefficient (Wildman–Crippen LogP) is 0.593. The van der Waals surface area contributed by atoms with Crippen molar-refractivity contribution in [1.29, 1.82) is 0 Å². The van der Waals surface area contributed by atoms with Gasteiger partial charge in [0, 0.05) is 50.8 Å². The molecule has 0 bridgehead atoms. The Hall–Kier alpha value is -0.560. The number of aromatic nitrogens is 2. The van der Waals surface area contributed by atoms with E-state index in [9.17, 15) is 0 Å². The van der Waals surface area contributed by atoms with Crippen molar-refractivity contribution in [2.45, 2.75) is 12.6 Å². The lowest BCUT2D eigenvalue weighted by Crippen LogP contribution is -2.36. The number of imidazole rings is 1. The van der Waals surface area contributed by atoms with Crippen LogP contribution >= 0.6 is 11.8 Å². The van der Waals surface area contributed by atoms with E-state index in [4.69, 9.17) is 4.74 Å². The Morgan fingerprint density at radius 1 is 1.37 bits per heavy atom. The molecule has 2 fully saturated rings. The number of thioether (sulfide) groups is 1. The van der Waals surface area contributed by atoms with Crippen LogP contribution in [-0.2, 0) is 11.3 Å². The van der Waals surface area contributed by atoms with Gasteiger partial charge in [-0.3, -0.25) is 4.90 Å². The van der Waals surface area contributed by atoms with Gasteiger partial charge in [0.1, 0.15) is 6.10 Å². The van der Waals surface area contributed by atoms with Gasteiger partial charge >= 0.3 is 0 Å². The summed E-state index contributed by atoms with van der Waals surface area (Å²) in [5, 5.41) is 3.38. The van der Waals surface area contributed by atoms with Gasteiger partial charge in [0.2, 0.25) is 0 Å². The fourth-order valence-corrected chi connectivity index (χ4v) is 3.59. The van der Waals surface area contributed by atoms with Crippen molar-refractivity contribution in [2.24, 2.45) is 0 Å². The average Bonchev–Trinajstić information content (AvgIpc) is 2.95. The Balaban J connectivity index is 1.56.